The molecule has 31 heavy (non-hydrogen) atoms. The highest BCUT2D eigenvalue weighted by atomic mass is 16.5. The highest BCUT2D eigenvalue weighted by molar-refractivity contribution is 6.05. The van der Waals surface area contributed by atoms with Gasteiger partial charge in [0.2, 0.25) is 0 Å². The molecule has 0 aromatic heterocycles. The molecule has 3 amide bonds. The van der Waals surface area contributed by atoms with Crippen molar-refractivity contribution in [3.8, 4) is 0 Å². The molecule has 162 valence electrons. The lowest BCUT2D eigenvalue weighted by atomic mass is 9.94. The summed E-state index contributed by atoms with van der Waals surface area (Å²) in [6.07, 6.45) is 0.754. The standard InChI is InChI=1S/C24H27N3O4/c1-5-13-27-16(3)20(23(29)31-4)21(26-24(27)30)17-10-8-11-18(14-17)25-22(28)19-12-7-6-9-15(19)2/h6-12,14,21H,5,13H2,1-4H3,(H,25,28)(H,26,30). The van der Waals surface area contributed by atoms with E-state index in [1.165, 1.54) is 7.11 Å². The molecule has 1 unspecified atom stereocenters. The van der Waals surface area contributed by atoms with Gasteiger partial charge in [0.15, 0.2) is 0 Å². The second-order valence-electron chi connectivity index (χ2n) is 7.42. The Morgan fingerprint density at radius 2 is 1.87 bits per heavy atom. The Balaban J connectivity index is 1.95. The number of carbonyl (C=O) groups excluding carboxylic acids is 3. The molecule has 1 atom stereocenters. The Labute approximate surface area is 182 Å². The smallest absolute Gasteiger partial charge is 0.337 e. The van der Waals surface area contributed by atoms with Crippen molar-refractivity contribution in [2.75, 3.05) is 19.0 Å². The fourth-order valence-electron chi connectivity index (χ4n) is 3.72. The van der Waals surface area contributed by atoms with Gasteiger partial charge in [0.25, 0.3) is 5.91 Å². The predicted octanol–water partition coefficient (Wildman–Crippen LogP) is 4.17. The Bertz CT molecular complexity index is 1040. The van der Waals surface area contributed by atoms with Gasteiger partial charge in [0.05, 0.1) is 18.7 Å². The first-order valence-electron chi connectivity index (χ1n) is 10.2. The minimum absolute atomic E-state index is 0.225. The molecule has 1 aliphatic rings. The molecule has 1 aliphatic heterocycles. The van der Waals surface area contributed by atoms with E-state index in [-0.39, 0.29) is 11.9 Å². The van der Waals surface area contributed by atoms with E-state index in [9.17, 15) is 14.4 Å². The van der Waals surface area contributed by atoms with Crippen LogP contribution in [-0.2, 0) is 9.53 Å². The van der Waals surface area contributed by atoms with E-state index in [0.717, 1.165) is 12.0 Å². The van der Waals surface area contributed by atoms with Gasteiger partial charge < -0.3 is 15.4 Å². The summed E-state index contributed by atoms with van der Waals surface area (Å²) in [6, 6.07) is 13.5. The van der Waals surface area contributed by atoms with Crippen molar-refractivity contribution in [2.45, 2.75) is 33.2 Å². The average molecular weight is 421 g/mol. The van der Waals surface area contributed by atoms with Gasteiger partial charge in [-0.1, -0.05) is 37.3 Å². The minimum Gasteiger partial charge on any atom is -0.466 e. The molecular formula is C24H27N3O4. The van der Waals surface area contributed by atoms with Gasteiger partial charge in [0, 0.05) is 23.5 Å². The summed E-state index contributed by atoms with van der Waals surface area (Å²) >= 11 is 0. The number of hydrogen-bond acceptors (Lipinski definition) is 4. The van der Waals surface area contributed by atoms with Crippen molar-refractivity contribution in [3.63, 3.8) is 0 Å². The van der Waals surface area contributed by atoms with Crippen LogP contribution in [0.15, 0.2) is 59.8 Å². The maximum Gasteiger partial charge on any atom is 0.337 e. The van der Waals surface area contributed by atoms with Gasteiger partial charge in [-0.05, 0) is 49.6 Å². The van der Waals surface area contributed by atoms with Crippen LogP contribution in [0.5, 0.6) is 0 Å². The van der Waals surface area contributed by atoms with Gasteiger partial charge >= 0.3 is 12.0 Å². The third-order valence-electron chi connectivity index (χ3n) is 5.32. The van der Waals surface area contributed by atoms with Gasteiger partial charge in [-0.2, -0.15) is 0 Å². The van der Waals surface area contributed by atoms with Crippen molar-refractivity contribution in [1.82, 2.24) is 10.2 Å². The van der Waals surface area contributed by atoms with Crippen LogP contribution in [0.4, 0.5) is 10.5 Å². The molecule has 2 aromatic carbocycles. The molecule has 0 saturated carbocycles. The summed E-state index contributed by atoms with van der Waals surface area (Å²) in [5, 5.41) is 5.79. The van der Waals surface area contributed by atoms with Crippen molar-refractivity contribution >= 4 is 23.6 Å². The zero-order chi connectivity index (χ0) is 22.5. The molecule has 2 N–H and O–H groups in total. The molecule has 0 bridgehead atoms. The van der Waals surface area contributed by atoms with Crippen LogP contribution in [0.25, 0.3) is 0 Å². The number of carbonyl (C=O) groups is 3. The Morgan fingerprint density at radius 3 is 2.55 bits per heavy atom. The minimum atomic E-state index is -0.677. The van der Waals surface area contributed by atoms with Gasteiger partial charge in [-0.3, -0.25) is 9.69 Å². The molecule has 0 fully saturated rings. The predicted molar refractivity (Wildman–Crippen MR) is 119 cm³/mol. The highest BCUT2D eigenvalue weighted by Gasteiger charge is 2.36. The molecule has 0 spiro atoms. The molecule has 7 nitrogen and oxygen atoms in total. The second kappa shape index (κ2) is 9.47. The first-order chi connectivity index (χ1) is 14.9. The number of ether oxygens (including phenoxy) is 1. The first-order valence-corrected chi connectivity index (χ1v) is 10.2. The summed E-state index contributed by atoms with van der Waals surface area (Å²) in [5.41, 5.74) is 3.64. The quantitative estimate of drug-likeness (QED) is 0.685. The normalized spacial score (nSPS) is 16.1. The van der Waals surface area contributed by atoms with E-state index >= 15 is 0 Å². The highest BCUT2D eigenvalue weighted by Crippen LogP contribution is 2.32. The number of benzene rings is 2. The number of nitrogens with zero attached hydrogens (tertiary/aromatic N) is 1. The van der Waals surface area contributed by atoms with E-state index in [1.54, 1.807) is 42.2 Å². The Hall–Kier alpha value is -3.61. The average Bonchev–Trinajstić information content (AvgIpc) is 2.76. The lowest BCUT2D eigenvalue weighted by Crippen LogP contribution is -2.48. The molecule has 2 aromatic rings. The number of rotatable bonds is 6. The van der Waals surface area contributed by atoms with Crippen LogP contribution in [0.1, 0.15) is 47.8 Å². The third-order valence-corrected chi connectivity index (χ3v) is 5.32. The van der Waals surface area contributed by atoms with Crippen molar-refractivity contribution in [3.05, 3.63) is 76.5 Å². The van der Waals surface area contributed by atoms with Crippen LogP contribution in [0.3, 0.4) is 0 Å². The molecule has 0 aliphatic carbocycles. The maximum absolute atomic E-state index is 12.7. The number of methoxy groups -OCH3 is 1. The van der Waals surface area contributed by atoms with E-state index in [2.05, 4.69) is 10.6 Å². The van der Waals surface area contributed by atoms with E-state index in [0.29, 0.717) is 34.6 Å². The number of anilines is 1. The number of allylic oxidation sites excluding steroid dienone is 1. The van der Waals surface area contributed by atoms with Crippen molar-refractivity contribution in [2.24, 2.45) is 0 Å². The topological polar surface area (TPSA) is 87.7 Å². The molecule has 0 radical (unpaired) electrons. The lowest BCUT2D eigenvalue weighted by Gasteiger charge is -2.35. The van der Waals surface area contributed by atoms with Gasteiger partial charge in [-0.15, -0.1) is 0 Å². The van der Waals surface area contributed by atoms with Gasteiger partial charge in [-0.25, -0.2) is 9.59 Å². The number of amides is 3. The molecule has 7 heteroatoms. The van der Waals surface area contributed by atoms with Crippen LogP contribution >= 0.6 is 0 Å². The number of urea groups is 1. The fraction of sp³-hybridized carbons (Fsp3) is 0.292. The molecule has 1 heterocycles. The van der Waals surface area contributed by atoms with Crippen LogP contribution in [0.2, 0.25) is 0 Å². The number of nitrogens with one attached hydrogen (secondary N) is 2. The van der Waals surface area contributed by atoms with Gasteiger partial charge in [0.1, 0.15) is 0 Å². The lowest BCUT2D eigenvalue weighted by molar-refractivity contribution is -0.136. The van der Waals surface area contributed by atoms with Crippen molar-refractivity contribution in [1.29, 1.82) is 0 Å². The second-order valence-corrected chi connectivity index (χ2v) is 7.42. The number of aryl methyl sites for hydroxylation is 1. The van der Waals surface area contributed by atoms with E-state index in [4.69, 9.17) is 4.74 Å². The summed E-state index contributed by atoms with van der Waals surface area (Å²) in [6.45, 7) is 6.08. The van der Waals surface area contributed by atoms with Crippen LogP contribution in [0, 0.1) is 6.92 Å². The Morgan fingerprint density at radius 1 is 1.13 bits per heavy atom. The van der Waals surface area contributed by atoms with Crippen molar-refractivity contribution < 1.29 is 19.1 Å². The van der Waals surface area contributed by atoms with Crippen LogP contribution in [-0.4, -0.2) is 36.5 Å². The summed E-state index contributed by atoms with van der Waals surface area (Å²) < 4.78 is 4.99. The number of hydrogen-bond donors (Lipinski definition) is 2. The zero-order valence-electron chi connectivity index (χ0n) is 18.2. The Kier molecular flexibility index (Phi) is 6.74. The van der Waals surface area contributed by atoms with E-state index < -0.39 is 12.0 Å². The number of esters is 1. The third kappa shape index (κ3) is 4.60. The first kappa shape index (κ1) is 22.1. The summed E-state index contributed by atoms with van der Waals surface area (Å²) in [4.78, 5) is 39.5. The monoisotopic (exact) mass is 421 g/mol. The largest absolute Gasteiger partial charge is 0.466 e. The zero-order valence-corrected chi connectivity index (χ0v) is 18.2. The van der Waals surface area contributed by atoms with E-state index in [1.807, 2.05) is 32.0 Å². The molecule has 0 saturated heterocycles. The summed E-state index contributed by atoms with van der Waals surface area (Å²) in [7, 11) is 1.32. The summed E-state index contributed by atoms with van der Waals surface area (Å²) in [5.74, 6) is -0.727. The molecule has 3 rings (SSSR count). The van der Waals surface area contributed by atoms with Crippen LogP contribution < -0.4 is 10.6 Å². The molecular weight excluding hydrogens is 394 g/mol. The fourth-order valence-corrected chi connectivity index (χ4v) is 3.72. The maximum atomic E-state index is 12.7. The SMILES string of the molecule is CCCN1C(=O)NC(c2cccc(NC(=O)c3ccccc3C)c2)C(C(=O)OC)=C1C.